The molecule has 2 aromatic heterocycles. The number of rotatable bonds is 7. The maximum Gasteiger partial charge on any atom is 0.180 e. The van der Waals surface area contributed by atoms with Crippen LogP contribution in [-0.2, 0) is 13.3 Å². The zero-order chi connectivity index (χ0) is 21.6. The monoisotopic (exact) mass is 516 g/mol. The summed E-state index contributed by atoms with van der Waals surface area (Å²) in [5, 5.41) is 16.0. The van der Waals surface area contributed by atoms with Gasteiger partial charge in [-0.25, -0.2) is 4.68 Å². The zero-order valence-electron chi connectivity index (χ0n) is 16.2. The number of benzene rings is 2. The van der Waals surface area contributed by atoms with Crippen LogP contribution >= 0.6 is 39.7 Å². The molecule has 0 saturated heterocycles. The molecule has 0 saturated carbocycles. The molecule has 0 amide bonds. The smallest absolute Gasteiger partial charge is 0.180 e. The third kappa shape index (κ3) is 6.30. The van der Waals surface area contributed by atoms with E-state index in [4.69, 9.17) is 28.6 Å². The average molecular weight is 518 g/mol. The van der Waals surface area contributed by atoms with E-state index in [0.29, 0.717) is 23.4 Å². The van der Waals surface area contributed by atoms with Gasteiger partial charge in [-0.2, -0.15) is 10.2 Å². The first-order chi connectivity index (χ1) is 15.0. The Labute approximate surface area is 198 Å². The molecule has 2 heterocycles. The van der Waals surface area contributed by atoms with Gasteiger partial charge < -0.3 is 15.4 Å². The van der Waals surface area contributed by atoms with E-state index in [1.54, 1.807) is 17.1 Å². The van der Waals surface area contributed by atoms with Gasteiger partial charge >= 0.3 is 0 Å². The van der Waals surface area contributed by atoms with Crippen LogP contribution in [0, 0.1) is 0 Å². The first kappa shape index (κ1) is 21.4. The fourth-order valence-corrected chi connectivity index (χ4v) is 3.51. The number of ether oxygens (including phenoxy) is 1. The SMILES string of the molecule is S=C(Nc1cnn(COc2ccc(Br)cc2)c1)Nc1cnn(Cc2cccc(Cl)c2)c1. The van der Waals surface area contributed by atoms with Crippen LogP contribution in [0.25, 0.3) is 0 Å². The highest BCUT2D eigenvalue weighted by molar-refractivity contribution is 9.10. The van der Waals surface area contributed by atoms with Crippen molar-refractivity contribution >= 4 is 56.2 Å². The van der Waals surface area contributed by atoms with Crippen molar-refractivity contribution in [2.75, 3.05) is 10.6 Å². The summed E-state index contributed by atoms with van der Waals surface area (Å²) in [6.07, 6.45) is 7.09. The van der Waals surface area contributed by atoms with E-state index in [0.717, 1.165) is 27.2 Å². The second-order valence-electron chi connectivity index (χ2n) is 6.63. The van der Waals surface area contributed by atoms with Gasteiger partial charge in [-0.15, -0.1) is 0 Å². The molecule has 0 atom stereocenters. The van der Waals surface area contributed by atoms with Gasteiger partial charge in [0.2, 0.25) is 0 Å². The second-order valence-corrected chi connectivity index (χ2v) is 8.39. The number of anilines is 2. The molecular formula is C21H18BrClN6OS. The van der Waals surface area contributed by atoms with Crippen molar-refractivity contribution in [1.82, 2.24) is 19.6 Å². The minimum Gasteiger partial charge on any atom is -0.471 e. The molecule has 0 fully saturated rings. The maximum atomic E-state index is 6.04. The molecule has 2 aromatic carbocycles. The number of nitrogens with zero attached hydrogens (tertiary/aromatic N) is 4. The minimum absolute atomic E-state index is 0.291. The van der Waals surface area contributed by atoms with Crippen LogP contribution in [0.15, 0.2) is 77.8 Å². The number of thiocarbonyl (C=S) groups is 1. The second kappa shape index (κ2) is 9.95. The Balaban J connectivity index is 1.27. The predicted molar refractivity (Wildman–Crippen MR) is 130 cm³/mol. The van der Waals surface area contributed by atoms with Gasteiger partial charge in [0, 0.05) is 15.7 Å². The number of hydrogen-bond acceptors (Lipinski definition) is 4. The molecule has 10 heteroatoms. The van der Waals surface area contributed by atoms with Crippen molar-refractivity contribution in [3.8, 4) is 5.75 Å². The van der Waals surface area contributed by atoms with E-state index >= 15 is 0 Å². The molecule has 31 heavy (non-hydrogen) atoms. The quantitative estimate of drug-likeness (QED) is 0.320. The number of halogens is 2. The summed E-state index contributed by atoms with van der Waals surface area (Å²) in [7, 11) is 0. The summed E-state index contributed by atoms with van der Waals surface area (Å²) in [5.41, 5.74) is 2.61. The van der Waals surface area contributed by atoms with Crippen molar-refractivity contribution in [2.45, 2.75) is 13.3 Å². The van der Waals surface area contributed by atoms with Crippen molar-refractivity contribution in [2.24, 2.45) is 0 Å². The van der Waals surface area contributed by atoms with Crippen LogP contribution in [0.4, 0.5) is 11.4 Å². The molecule has 158 valence electrons. The lowest BCUT2D eigenvalue weighted by molar-refractivity contribution is 0.221. The molecule has 0 unspecified atom stereocenters. The Morgan fingerprint density at radius 1 is 1.00 bits per heavy atom. The molecule has 2 N–H and O–H groups in total. The van der Waals surface area contributed by atoms with Crippen LogP contribution in [0.2, 0.25) is 5.02 Å². The molecule has 7 nitrogen and oxygen atoms in total. The number of aromatic nitrogens is 4. The van der Waals surface area contributed by atoms with Crippen LogP contribution < -0.4 is 15.4 Å². The van der Waals surface area contributed by atoms with Crippen molar-refractivity contribution in [3.05, 3.63) is 88.4 Å². The summed E-state index contributed by atoms with van der Waals surface area (Å²) in [4.78, 5) is 0. The summed E-state index contributed by atoms with van der Waals surface area (Å²) < 4.78 is 10.2. The van der Waals surface area contributed by atoms with Gasteiger partial charge in [0.15, 0.2) is 11.8 Å². The Kier molecular flexibility index (Phi) is 6.86. The molecule has 4 aromatic rings. The minimum atomic E-state index is 0.291. The van der Waals surface area contributed by atoms with Gasteiger partial charge in [-0.3, -0.25) is 4.68 Å². The fourth-order valence-electron chi connectivity index (χ4n) is 2.80. The molecule has 0 aliphatic carbocycles. The van der Waals surface area contributed by atoms with Crippen LogP contribution in [0.3, 0.4) is 0 Å². The van der Waals surface area contributed by atoms with Crippen molar-refractivity contribution in [1.29, 1.82) is 0 Å². The van der Waals surface area contributed by atoms with Gasteiger partial charge in [0.05, 0.1) is 36.5 Å². The number of nitrogens with one attached hydrogen (secondary N) is 2. The molecule has 0 aliphatic heterocycles. The van der Waals surface area contributed by atoms with Crippen molar-refractivity contribution < 1.29 is 4.74 Å². The highest BCUT2D eigenvalue weighted by Crippen LogP contribution is 2.17. The lowest BCUT2D eigenvalue weighted by Crippen LogP contribution is -2.18. The summed E-state index contributed by atoms with van der Waals surface area (Å²) in [6, 6.07) is 15.3. The molecule has 0 spiro atoms. The first-order valence-corrected chi connectivity index (χ1v) is 10.9. The maximum absolute atomic E-state index is 6.04. The summed E-state index contributed by atoms with van der Waals surface area (Å²) in [5.74, 6) is 0.764. The van der Waals surface area contributed by atoms with Crippen LogP contribution in [0.1, 0.15) is 5.56 Å². The van der Waals surface area contributed by atoms with Gasteiger partial charge in [0.1, 0.15) is 5.75 Å². The van der Waals surface area contributed by atoms with Crippen LogP contribution in [0.5, 0.6) is 5.75 Å². The molecule has 4 rings (SSSR count). The first-order valence-electron chi connectivity index (χ1n) is 9.29. The Morgan fingerprint density at radius 3 is 2.39 bits per heavy atom. The summed E-state index contributed by atoms with van der Waals surface area (Å²) >= 11 is 14.8. The molecule has 0 radical (unpaired) electrons. The van der Waals surface area contributed by atoms with E-state index in [1.165, 1.54) is 0 Å². The highest BCUT2D eigenvalue weighted by Gasteiger charge is 2.05. The third-order valence-electron chi connectivity index (χ3n) is 4.19. The van der Waals surface area contributed by atoms with Crippen molar-refractivity contribution in [3.63, 3.8) is 0 Å². The standard InChI is InChI=1S/C21H18BrClN6OS/c22-16-4-6-20(7-5-16)30-14-29-13-19(10-25-29)27-21(31)26-18-9-24-28(12-18)11-15-2-1-3-17(23)8-15/h1-10,12-13H,11,14H2,(H2,26,27,31). The lowest BCUT2D eigenvalue weighted by Gasteiger charge is -2.07. The summed E-state index contributed by atoms with van der Waals surface area (Å²) in [6.45, 7) is 0.910. The normalized spacial score (nSPS) is 10.6. The van der Waals surface area contributed by atoms with E-state index in [9.17, 15) is 0 Å². The van der Waals surface area contributed by atoms with Gasteiger partial charge in [-0.05, 0) is 54.2 Å². The molecule has 0 aliphatic rings. The molecular weight excluding hydrogens is 500 g/mol. The fraction of sp³-hybridized carbons (Fsp3) is 0.0952. The van der Waals surface area contributed by atoms with E-state index < -0.39 is 0 Å². The lowest BCUT2D eigenvalue weighted by atomic mass is 10.2. The topological polar surface area (TPSA) is 68.9 Å². The third-order valence-corrected chi connectivity index (χ3v) is 5.16. The Hall–Kier alpha value is -2.88. The van der Waals surface area contributed by atoms with E-state index in [2.05, 4.69) is 36.8 Å². The Bertz CT molecular complexity index is 1180. The largest absolute Gasteiger partial charge is 0.471 e. The molecule has 0 bridgehead atoms. The average Bonchev–Trinajstić information content (AvgIpc) is 3.37. The zero-order valence-corrected chi connectivity index (χ0v) is 19.4. The van der Waals surface area contributed by atoms with Gasteiger partial charge in [-0.1, -0.05) is 39.7 Å². The Morgan fingerprint density at radius 2 is 1.68 bits per heavy atom. The van der Waals surface area contributed by atoms with E-state index in [-0.39, 0.29) is 0 Å². The number of hydrogen-bond donors (Lipinski definition) is 2. The van der Waals surface area contributed by atoms with Crippen LogP contribution in [-0.4, -0.2) is 24.7 Å². The predicted octanol–water partition coefficient (Wildman–Crippen LogP) is 5.39. The van der Waals surface area contributed by atoms with Gasteiger partial charge in [0.25, 0.3) is 0 Å². The highest BCUT2D eigenvalue weighted by atomic mass is 79.9. The van der Waals surface area contributed by atoms with E-state index in [1.807, 2.05) is 65.6 Å².